The largest absolute Gasteiger partial charge is 0.465 e. The maximum Gasteiger partial charge on any atom is 0.328 e. The molecule has 0 spiro atoms. The Labute approximate surface area is 159 Å². The number of ether oxygens (including phenoxy) is 1. The molecule has 0 saturated heterocycles. The molecule has 1 atom stereocenters. The fraction of sp³-hybridized carbons (Fsp3) is 0.208. The molecule has 1 aliphatic rings. The molecule has 27 heavy (non-hydrogen) atoms. The van der Waals surface area contributed by atoms with Crippen molar-refractivity contribution in [3.05, 3.63) is 90.0 Å². The Balaban J connectivity index is 1.81. The molecular formula is C24H23NO2. The third-order valence-electron chi connectivity index (χ3n) is 5.16. The van der Waals surface area contributed by atoms with Crippen LogP contribution in [-0.2, 0) is 16.1 Å². The molecule has 1 aliphatic heterocycles. The smallest absolute Gasteiger partial charge is 0.328 e. The van der Waals surface area contributed by atoms with Crippen LogP contribution in [0.25, 0.3) is 16.3 Å². The summed E-state index contributed by atoms with van der Waals surface area (Å²) in [4.78, 5) is 15.2. The van der Waals surface area contributed by atoms with Crippen LogP contribution >= 0.6 is 0 Å². The van der Waals surface area contributed by atoms with Gasteiger partial charge in [-0.25, -0.2) is 4.79 Å². The summed E-state index contributed by atoms with van der Waals surface area (Å²) in [5.74, 6) is -0.207. The summed E-state index contributed by atoms with van der Waals surface area (Å²) in [6.07, 6.45) is 0. The molecule has 0 saturated carbocycles. The lowest BCUT2D eigenvalue weighted by atomic mass is 9.92. The lowest BCUT2D eigenvalue weighted by Gasteiger charge is -2.35. The first-order valence-corrected chi connectivity index (χ1v) is 9.33. The molecule has 3 aromatic carbocycles. The zero-order chi connectivity index (χ0) is 18.8. The third kappa shape index (κ3) is 3.26. The highest BCUT2D eigenvalue weighted by atomic mass is 16.5. The second-order valence-corrected chi connectivity index (χ2v) is 6.89. The van der Waals surface area contributed by atoms with E-state index < -0.39 is 6.04 Å². The van der Waals surface area contributed by atoms with Gasteiger partial charge in [-0.15, -0.1) is 0 Å². The average molecular weight is 357 g/mol. The van der Waals surface area contributed by atoms with Crippen LogP contribution < -0.4 is 0 Å². The number of benzene rings is 3. The van der Waals surface area contributed by atoms with Gasteiger partial charge in [0.15, 0.2) is 0 Å². The van der Waals surface area contributed by atoms with E-state index in [1.165, 1.54) is 11.1 Å². The molecule has 0 bridgehead atoms. The minimum Gasteiger partial charge on any atom is -0.465 e. The van der Waals surface area contributed by atoms with E-state index in [4.69, 9.17) is 4.74 Å². The van der Waals surface area contributed by atoms with E-state index in [-0.39, 0.29) is 5.97 Å². The zero-order valence-electron chi connectivity index (χ0n) is 15.5. The van der Waals surface area contributed by atoms with Gasteiger partial charge in [-0.3, -0.25) is 4.90 Å². The van der Waals surface area contributed by atoms with Crippen molar-refractivity contribution in [3.63, 3.8) is 0 Å². The number of esters is 1. The quantitative estimate of drug-likeness (QED) is 0.617. The number of rotatable bonds is 4. The number of hydrogen-bond donors (Lipinski definition) is 0. The van der Waals surface area contributed by atoms with Crippen LogP contribution in [0, 0.1) is 0 Å². The molecule has 4 rings (SSSR count). The van der Waals surface area contributed by atoms with Gasteiger partial charge in [-0.1, -0.05) is 73.3 Å². The van der Waals surface area contributed by atoms with Crippen molar-refractivity contribution in [2.75, 3.05) is 13.2 Å². The van der Waals surface area contributed by atoms with Crippen molar-refractivity contribution < 1.29 is 9.53 Å². The first-order valence-electron chi connectivity index (χ1n) is 9.33. The van der Waals surface area contributed by atoms with Crippen molar-refractivity contribution in [3.8, 4) is 0 Å². The van der Waals surface area contributed by atoms with Crippen LogP contribution in [0.5, 0.6) is 0 Å². The van der Waals surface area contributed by atoms with Crippen molar-refractivity contribution in [2.45, 2.75) is 19.5 Å². The first-order chi connectivity index (χ1) is 13.2. The van der Waals surface area contributed by atoms with Gasteiger partial charge in [0.05, 0.1) is 6.61 Å². The highest BCUT2D eigenvalue weighted by Crippen LogP contribution is 2.35. The SMILES string of the molecule is C=C1CN(C(C(=O)OCC)c2cccc3ccccc23)Cc2ccccc21. The molecule has 3 heteroatoms. The minimum absolute atomic E-state index is 0.207. The van der Waals surface area contributed by atoms with Crippen LogP contribution in [0.2, 0.25) is 0 Å². The summed E-state index contributed by atoms with van der Waals surface area (Å²) >= 11 is 0. The molecule has 0 aliphatic carbocycles. The highest BCUT2D eigenvalue weighted by molar-refractivity contribution is 5.91. The average Bonchev–Trinajstić information content (AvgIpc) is 2.69. The van der Waals surface area contributed by atoms with E-state index in [2.05, 4.69) is 41.8 Å². The summed E-state index contributed by atoms with van der Waals surface area (Å²) in [6, 6.07) is 22.1. The maximum atomic E-state index is 13.0. The van der Waals surface area contributed by atoms with Gasteiger partial charge in [0, 0.05) is 13.1 Å². The molecule has 136 valence electrons. The molecular weight excluding hydrogens is 334 g/mol. The maximum absolute atomic E-state index is 13.0. The Morgan fingerprint density at radius 1 is 1.04 bits per heavy atom. The van der Waals surface area contributed by atoms with Gasteiger partial charge in [0.1, 0.15) is 6.04 Å². The Morgan fingerprint density at radius 3 is 2.63 bits per heavy atom. The second kappa shape index (κ2) is 7.37. The summed E-state index contributed by atoms with van der Waals surface area (Å²) in [6.45, 7) is 7.81. The Bertz CT molecular complexity index is 1000. The summed E-state index contributed by atoms with van der Waals surface area (Å²) in [5.41, 5.74) is 4.41. The number of carbonyl (C=O) groups excluding carboxylic acids is 1. The van der Waals surface area contributed by atoms with Gasteiger partial charge < -0.3 is 4.74 Å². The third-order valence-corrected chi connectivity index (χ3v) is 5.16. The summed E-state index contributed by atoms with van der Waals surface area (Å²) in [5, 5.41) is 2.21. The van der Waals surface area contributed by atoms with Crippen LogP contribution in [0.15, 0.2) is 73.3 Å². The van der Waals surface area contributed by atoms with Crippen molar-refractivity contribution in [2.24, 2.45) is 0 Å². The van der Waals surface area contributed by atoms with Crippen LogP contribution in [-0.4, -0.2) is 24.0 Å². The van der Waals surface area contributed by atoms with Crippen molar-refractivity contribution in [1.82, 2.24) is 4.90 Å². The van der Waals surface area contributed by atoms with E-state index in [9.17, 15) is 4.79 Å². The molecule has 0 aromatic heterocycles. The highest BCUT2D eigenvalue weighted by Gasteiger charge is 2.33. The molecule has 0 amide bonds. The number of hydrogen-bond acceptors (Lipinski definition) is 3. The lowest BCUT2D eigenvalue weighted by Crippen LogP contribution is -2.38. The molecule has 3 nitrogen and oxygen atoms in total. The predicted molar refractivity (Wildman–Crippen MR) is 109 cm³/mol. The monoisotopic (exact) mass is 357 g/mol. The molecule has 0 N–H and O–H groups in total. The molecule has 1 heterocycles. The van der Waals surface area contributed by atoms with Gasteiger partial charge >= 0.3 is 5.97 Å². The molecule has 3 aromatic rings. The van der Waals surface area contributed by atoms with Crippen LogP contribution in [0.3, 0.4) is 0 Å². The minimum atomic E-state index is -0.457. The molecule has 1 unspecified atom stereocenters. The van der Waals surface area contributed by atoms with E-state index in [0.29, 0.717) is 19.7 Å². The Morgan fingerprint density at radius 2 is 1.78 bits per heavy atom. The van der Waals surface area contributed by atoms with E-state index in [1.54, 1.807) is 0 Å². The van der Waals surface area contributed by atoms with Crippen molar-refractivity contribution in [1.29, 1.82) is 0 Å². The zero-order valence-corrected chi connectivity index (χ0v) is 15.5. The number of carbonyl (C=O) groups is 1. The van der Waals surface area contributed by atoms with Gasteiger partial charge in [-0.05, 0) is 40.0 Å². The normalized spacial score (nSPS) is 15.4. The fourth-order valence-electron chi connectivity index (χ4n) is 3.97. The van der Waals surface area contributed by atoms with Gasteiger partial charge in [0.25, 0.3) is 0 Å². The Hall–Kier alpha value is -2.91. The van der Waals surface area contributed by atoms with Gasteiger partial charge in [-0.2, -0.15) is 0 Å². The predicted octanol–water partition coefficient (Wildman–Crippen LogP) is 4.97. The van der Waals surface area contributed by atoms with E-state index in [0.717, 1.165) is 21.9 Å². The molecule has 0 fully saturated rings. The second-order valence-electron chi connectivity index (χ2n) is 6.89. The lowest BCUT2D eigenvalue weighted by molar-refractivity contribution is -0.149. The summed E-state index contributed by atoms with van der Waals surface area (Å²) < 4.78 is 5.47. The Kier molecular flexibility index (Phi) is 4.78. The van der Waals surface area contributed by atoms with Crippen molar-refractivity contribution >= 4 is 22.3 Å². The standard InChI is InChI=1S/C24H23NO2/c1-3-27-24(26)23(22-14-8-11-18-9-4-7-13-21(18)22)25-15-17(2)20-12-6-5-10-19(20)16-25/h4-14,23H,2-3,15-16H2,1H3. The number of nitrogens with zero attached hydrogens (tertiary/aromatic N) is 1. The van der Waals surface area contributed by atoms with Crippen LogP contribution in [0.1, 0.15) is 29.7 Å². The summed E-state index contributed by atoms with van der Waals surface area (Å²) in [7, 11) is 0. The topological polar surface area (TPSA) is 29.5 Å². The van der Waals surface area contributed by atoms with Crippen LogP contribution in [0.4, 0.5) is 0 Å². The first kappa shape index (κ1) is 17.5. The van der Waals surface area contributed by atoms with E-state index in [1.807, 2.05) is 43.3 Å². The van der Waals surface area contributed by atoms with Gasteiger partial charge in [0.2, 0.25) is 0 Å². The number of fused-ring (bicyclic) bond motifs is 2. The fourth-order valence-corrected chi connectivity index (χ4v) is 3.97. The molecule has 0 radical (unpaired) electrons. The van der Waals surface area contributed by atoms with E-state index >= 15 is 0 Å².